The van der Waals surface area contributed by atoms with Crippen molar-refractivity contribution in [2.24, 2.45) is 5.73 Å². The van der Waals surface area contributed by atoms with Gasteiger partial charge in [-0.1, -0.05) is 0 Å². The molecule has 3 aromatic heterocycles. The van der Waals surface area contributed by atoms with E-state index in [2.05, 4.69) is 15.0 Å². The van der Waals surface area contributed by atoms with E-state index in [1.807, 2.05) is 13.8 Å². The van der Waals surface area contributed by atoms with Crippen molar-refractivity contribution in [1.82, 2.24) is 15.0 Å². The van der Waals surface area contributed by atoms with E-state index in [0.717, 1.165) is 10.6 Å². The number of hydrogen-bond acceptors (Lipinski definition) is 7. The Bertz CT molecular complexity index is 1490. The van der Waals surface area contributed by atoms with Gasteiger partial charge in [0.15, 0.2) is 5.13 Å². The number of benzene rings is 2. The summed E-state index contributed by atoms with van der Waals surface area (Å²) >= 11 is 1.40. The van der Waals surface area contributed by atoms with Gasteiger partial charge < -0.3 is 19.9 Å². The molecule has 0 bridgehead atoms. The van der Waals surface area contributed by atoms with Crippen LogP contribution in [0.1, 0.15) is 10.6 Å². The molecule has 10 nitrogen and oxygen atoms in total. The third-order valence-electron chi connectivity index (χ3n) is 5.28. The lowest BCUT2D eigenvalue weighted by Crippen LogP contribution is -2.31. The summed E-state index contributed by atoms with van der Waals surface area (Å²) in [4.78, 5) is 39.3. The molecule has 11 heteroatoms. The summed E-state index contributed by atoms with van der Waals surface area (Å²) in [6.45, 7) is 3.83. The molecular weight excluding hydrogens is 468 g/mol. The van der Waals surface area contributed by atoms with Crippen molar-refractivity contribution in [3.63, 3.8) is 0 Å². The number of anilines is 4. The molecule has 0 spiro atoms. The molecule has 3 amide bonds. The van der Waals surface area contributed by atoms with Crippen LogP contribution in [0.3, 0.4) is 0 Å². The first kappa shape index (κ1) is 22.2. The summed E-state index contributed by atoms with van der Waals surface area (Å²) in [6, 6.07) is 15.0. The largest absolute Gasteiger partial charge is 0.457 e. The van der Waals surface area contributed by atoms with Gasteiger partial charge in [-0.2, -0.15) is 0 Å². The Morgan fingerprint density at radius 1 is 1.11 bits per heavy atom. The number of hydrogen-bond donors (Lipinski definition) is 2. The number of amides is 3. The minimum Gasteiger partial charge on any atom is -0.457 e. The second-order valence-corrected chi connectivity index (χ2v) is 8.76. The van der Waals surface area contributed by atoms with Gasteiger partial charge in [0.05, 0.1) is 28.7 Å². The van der Waals surface area contributed by atoms with Gasteiger partial charge in [0.25, 0.3) is 0 Å². The number of urea groups is 1. The number of imidazole rings is 1. The van der Waals surface area contributed by atoms with Gasteiger partial charge in [-0.15, -0.1) is 11.3 Å². The highest BCUT2D eigenvalue weighted by atomic mass is 32.1. The number of carbonyl (C=O) groups is 2. The highest BCUT2D eigenvalue weighted by Gasteiger charge is 2.20. The molecule has 0 saturated heterocycles. The SMILES string of the molecule is Cc1nc(N(C(N)=O)c2ccc(Oc3ccc4nc(N(C=O)c5ccco5)[nH]c4c3)cc2)sc1C. The van der Waals surface area contributed by atoms with Crippen LogP contribution in [0.4, 0.5) is 27.4 Å². The Kier molecular flexibility index (Phi) is 5.67. The van der Waals surface area contributed by atoms with Crippen LogP contribution < -0.4 is 20.3 Å². The highest BCUT2D eigenvalue weighted by molar-refractivity contribution is 7.16. The van der Waals surface area contributed by atoms with Crippen molar-refractivity contribution in [2.45, 2.75) is 13.8 Å². The maximum absolute atomic E-state index is 12.1. The van der Waals surface area contributed by atoms with E-state index in [1.165, 1.54) is 27.4 Å². The van der Waals surface area contributed by atoms with Crippen molar-refractivity contribution >= 4 is 57.5 Å². The predicted octanol–water partition coefficient (Wildman–Crippen LogP) is 5.53. The van der Waals surface area contributed by atoms with Crippen molar-refractivity contribution < 1.29 is 18.7 Å². The molecule has 2 aromatic carbocycles. The first-order valence-corrected chi connectivity index (χ1v) is 11.3. The number of aryl methyl sites for hydroxylation is 2. The number of primary amides is 1. The lowest BCUT2D eigenvalue weighted by molar-refractivity contribution is -0.107. The van der Waals surface area contributed by atoms with Crippen molar-refractivity contribution in [3.8, 4) is 11.5 Å². The van der Waals surface area contributed by atoms with Gasteiger partial charge in [0.2, 0.25) is 18.2 Å². The Hall–Kier alpha value is -4.64. The topological polar surface area (TPSA) is 131 Å². The van der Waals surface area contributed by atoms with Crippen LogP contribution in [-0.2, 0) is 4.79 Å². The second kappa shape index (κ2) is 8.95. The molecule has 0 fully saturated rings. The van der Waals surface area contributed by atoms with Crippen LogP contribution in [0, 0.1) is 13.8 Å². The number of rotatable bonds is 7. The maximum atomic E-state index is 12.1. The van der Waals surface area contributed by atoms with Crippen LogP contribution in [0.25, 0.3) is 11.0 Å². The number of aromatic nitrogens is 3. The summed E-state index contributed by atoms with van der Waals surface area (Å²) in [5.41, 5.74) is 8.40. The fourth-order valence-electron chi connectivity index (χ4n) is 3.45. The number of furan rings is 1. The number of nitrogens with one attached hydrogen (secondary N) is 1. The minimum atomic E-state index is -0.619. The zero-order valence-electron chi connectivity index (χ0n) is 18.8. The summed E-state index contributed by atoms with van der Waals surface area (Å²) in [7, 11) is 0. The molecule has 0 radical (unpaired) electrons. The standard InChI is InChI=1S/C24H20N6O4S/c1-14-15(2)35-24(26-14)30(22(25)32)16-5-7-17(8-6-16)34-18-9-10-19-20(12-18)28-23(27-19)29(13-31)21-4-3-11-33-21/h3-13H,1-2H3,(H2,25,32)(H,27,28). The zero-order chi connectivity index (χ0) is 24.5. The molecule has 35 heavy (non-hydrogen) atoms. The number of thiazole rings is 1. The Labute approximate surface area is 203 Å². The minimum absolute atomic E-state index is 0.325. The smallest absolute Gasteiger partial charge is 0.325 e. The second-order valence-electron chi connectivity index (χ2n) is 7.57. The van der Waals surface area contributed by atoms with E-state index in [1.54, 1.807) is 54.6 Å². The maximum Gasteiger partial charge on any atom is 0.325 e. The first-order chi connectivity index (χ1) is 16.9. The molecule has 3 heterocycles. The van der Waals surface area contributed by atoms with Gasteiger partial charge in [-0.05, 0) is 56.3 Å². The summed E-state index contributed by atoms with van der Waals surface area (Å²) in [5, 5.41) is 0.514. The highest BCUT2D eigenvalue weighted by Crippen LogP contribution is 2.33. The lowest BCUT2D eigenvalue weighted by atomic mass is 10.2. The average Bonchev–Trinajstić information content (AvgIpc) is 3.57. The predicted molar refractivity (Wildman–Crippen MR) is 133 cm³/mol. The van der Waals surface area contributed by atoms with E-state index < -0.39 is 6.03 Å². The van der Waals surface area contributed by atoms with Gasteiger partial charge in [0, 0.05) is 17.0 Å². The summed E-state index contributed by atoms with van der Waals surface area (Å²) in [5.74, 6) is 1.80. The number of nitrogens with zero attached hydrogens (tertiary/aromatic N) is 4. The molecule has 0 atom stereocenters. The van der Waals surface area contributed by atoms with Gasteiger partial charge >= 0.3 is 6.03 Å². The molecule has 176 valence electrons. The number of aromatic amines is 1. The number of H-pyrrole nitrogens is 1. The summed E-state index contributed by atoms with van der Waals surface area (Å²) < 4.78 is 11.3. The third kappa shape index (κ3) is 4.32. The molecular formula is C24H20N6O4S. The average molecular weight is 489 g/mol. The normalized spacial score (nSPS) is 10.9. The van der Waals surface area contributed by atoms with Crippen LogP contribution in [-0.4, -0.2) is 27.4 Å². The van der Waals surface area contributed by atoms with Gasteiger partial charge in [-0.25, -0.2) is 24.6 Å². The number of ether oxygens (including phenoxy) is 1. The van der Waals surface area contributed by atoms with Crippen LogP contribution in [0.15, 0.2) is 65.3 Å². The van der Waals surface area contributed by atoms with Gasteiger partial charge in [-0.3, -0.25) is 4.79 Å². The van der Waals surface area contributed by atoms with Crippen LogP contribution in [0.5, 0.6) is 11.5 Å². The van der Waals surface area contributed by atoms with E-state index in [-0.39, 0.29) is 0 Å². The third-order valence-corrected chi connectivity index (χ3v) is 6.34. The fourth-order valence-corrected chi connectivity index (χ4v) is 4.39. The molecule has 0 saturated carbocycles. The quantitative estimate of drug-likeness (QED) is 0.290. The number of nitrogens with two attached hydrogens (primary N) is 1. The van der Waals surface area contributed by atoms with Crippen molar-refractivity contribution in [3.05, 3.63) is 71.4 Å². The van der Waals surface area contributed by atoms with Crippen molar-refractivity contribution in [2.75, 3.05) is 9.80 Å². The lowest BCUT2D eigenvalue weighted by Gasteiger charge is -2.17. The van der Waals surface area contributed by atoms with E-state index >= 15 is 0 Å². The first-order valence-electron chi connectivity index (χ1n) is 10.5. The molecule has 0 aliphatic carbocycles. The van der Waals surface area contributed by atoms with Crippen molar-refractivity contribution in [1.29, 1.82) is 0 Å². The molecule has 5 aromatic rings. The molecule has 0 aliphatic rings. The molecule has 5 rings (SSSR count). The molecule has 0 unspecified atom stereocenters. The molecule has 3 N–H and O–H groups in total. The van der Waals surface area contributed by atoms with E-state index in [9.17, 15) is 9.59 Å². The van der Waals surface area contributed by atoms with E-state index in [4.69, 9.17) is 14.9 Å². The Morgan fingerprint density at radius 3 is 2.51 bits per heavy atom. The van der Waals surface area contributed by atoms with Crippen LogP contribution >= 0.6 is 11.3 Å². The summed E-state index contributed by atoms with van der Waals surface area (Å²) in [6.07, 6.45) is 2.10. The van der Waals surface area contributed by atoms with Crippen LogP contribution in [0.2, 0.25) is 0 Å². The Balaban J connectivity index is 1.37. The number of fused-ring (bicyclic) bond motifs is 1. The van der Waals surface area contributed by atoms with E-state index in [0.29, 0.717) is 51.6 Å². The fraction of sp³-hybridized carbons (Fsp3) is 0.0833. The number of carbonyl (C=O) groups excluding carboxylic acids is 2. The molecule has 0 aliphatic heterocycles. The Morgan fingerprint density at radius 2 is 1.89 bits per heavy atom. The zero-order valence-corrected chi connectivity index (χ0v) is 19.6. The van der Waals surface area contributed by atoms with Gasteiger partial charge in [0.1, 0.15) is 11.5 Å². The monoisotopic (exact) mass is 488 g/mol.